The van der Waals surface area contributed by atoms with Gasteiger partial charge in [-0.25, -0.2) is 4.79 Å². The molecule has 0 bridgehead atoms. The van der Waals surface area contributed by atoms with E-state index in [1.54, 1.807) is 0 Å². The van der Waals surface area contributed by atoms with Crippen molar-refractivity contribution in [1.82, 2.24) is 0 Å². The maximum Gasteiger partial charge on any atom is 0.337 e. The van der Waals surface area contributed by atoms with E-state index in [1.807, 2.05) is 0 Å². The Morgan fingerprint density at radius 3 is 2.39 bits per heavy atom. The maximum atomic E-state index is 11.8. The van der Waals surface area contributed by atoms with Gasteiger partial charge in [0.15, 0.2) is 0 Å². The number of hydrogen-bond donors (Lipinski definition) is 1. The minimum Gasteiger partial charge on any atom is -0.495 e. The van der Waals surface area contributed by atoms with Crippen LogP contribution in [0.4, 0.5) is 0 Å². The van der Waals surface area contributed by atoms with Gasteiger partial charge in [0.2, 0.25) is 0 Å². The SMILES string of the molecule is COC(=O)C(CC1CO1)=C(CC1CO1)OCCO. The van der Waals surface area contributed by atoms with Crippen molar-refractivity contribution >= 4 is 5.97 Å². The molecule has 2 heterocycles. The average Bonchev–Trinajstić information content (AvgIpc) is 3.25. The summed E-state index contributed by atoms with van der Waals surface area (Å²) < 4.78 is 20.5. The number of carbonyl (C=O) groups excluding carboxylic acids is 1. The molecule has 0 saturated carbocycles. The van der Waals surface area contributed by atoms with Crippen LogP contribution in [0.5, 0.6) is 0 Å². The second-order valence-corrected chi connectivity index (χ2v) is 4.28. The highest BCUT2D eigenvalue weighted by atomic mass is 16.6. The van der Waals surface area contributed by atoms with Crippen molar-refractivity contribution in [3.8, 4) is 0 Å². The van der Waals surface area contributed by atoms with Crippen molar-refractivity contribution in [2.75, 3.05) is 33.5 Å². The summed E-state index contributed by atoms with van der Waals surface area (Å²) in [6.07, 6.45) is 1.21. The van der Waals surface area contributed by atoms with E-state index in [-0.39, 0.29) is 25.4 Å². The molecule has 6 heteroatoms. The smallest absolute Gasteiger partial charge is 0.337 e. The summed E-state index contributed by atoms with van der Waals surface area (Å²) in [5.74, 6) is 0.146. The number of rotatable bonds is 8. The molecule has 102 valence electrons. The van der Waals surface area contributed by atoms with E-state index < -0.39 is 5.97 Å². The minimum absolute atomic E-state index is 0.0759. The molecule has 2 saturated heterocycles. The molecule has 0 radical (unpaired) electrons. The molecule has 6 nitrogen and oxygen atoms in total. The van der Waals surface area contributed by atoms with Crippen molar-refractivity contribution < 1.29 is 28.8 Å². The first-order valence-electron chi connectivity index (χ1n) is 6.01. The van der Waals surface area contributed by atoms with Crippen molar-refractivity contribution in [2.45, 2.75) is 25.0 Å². The fourth-order valence-corrected chi connectivity index (χ4v) is 1.68. The minimum atomic E-state index is -0.404. The molecule has 0 aliphatic carbocycles. The largest absolute Gasteiger partial charge is 0.495 e. The number of carbonyl (C=O) groups is 1. The lowest BCUT2D eigenvalue weighted by molar-refractivity contribution is -0.136. The van der Waals surface area contributed by atoms with Crippen LogP contribution in [0.25, 0.3) is 0 Å². The van der Waals surface area contributed by atoms with Gasteiger partial charge in [-0.05, 0) is 0 Å². The number of epoxide rings is 2. The third kappa shape index (κ3) is 3.97. The van der Waals surface area contributed by atoms with E-state index in [2.05, 4.69) is 0 Å². The van der Waals surface area contributed by atoms with Gasteiger partial charge in [0.25, 0.3) is 0 Å². The Morgan fingerprint density at radius 1 is 1.28 bits per heavy atom. The van der Waals surface area contributed by atoms with Crippen molar-refractivity contribution in [1.29, 1.82) is 0 Å². The van der Waals surface area contributed by atoms with Crippen molar-refractivity contribution in [3.05, 3.63) is 11.3 Å². The van der Waals surface area contributed by atoms with Crippen LogP contribution in [0.1, 0.15) is 12.8 Å². The number of methoxy groups -OCH3 is 1. The monoisotopic (exact) mass is 258 g/mol. The third-order valence-corrected chi connectivity index (χ3v) is 2.79. The van der Waals surface area contributed by atoms with Crippen LogP contribution in [0.3, 0.4) is 0 Å². The summed E-state index contributed by atoms with van der Waals surface area (Å²) in [7, 11) is 1.34. The molecule has 2 rings (SSSR count). The zero-order valence-electron chi connectivity index (χ0n) is 10.4. The lowest BCUT2D eigenvalue weighted by Crippen LogP contribution is -2.14. The molecule has 18 heavy (non-hydrogen) atoms. The van der Waals surface area contributed by atoms with Gasteiger partial charge in [-0.3, -0.25) is 0 Å². The summed E-state index contributed by atoms with van der Waals surface area (Å²) in [6.45, 7) is 1.41. The maximum absolute atomic E-state index is 11.8. The molecule has 0 aromatic carbocycles. The first kappa shape index (κ1) is 13.3. The summed E-state index contributed by atoms with van der Waals surface area (Å²) in [6, 6.07) is 0. The Labute approximate surface area is 105 Å². The van der Waals surface area contributed by atoms with Crippen LogP contribution in [0.2, 0.25) is 0 Å². The van der Waals surface area contributed by atoms with Gasteiger partial charge in [0, 0.05) is 12.8 Å². The highest BCUT2D eigenvalue weighted by Crippen LogP contribution is 2.28. The number of aliphatic hydroxyl groups is 1. The molecule has 2 aliphatic rings. The molecule has 2 fully saturated rings. The van der Waals surface area contributed by atoms with Crippen LogP contribution in [0.15, 0.2) is 11.3 Å². The summed E-state index contributed by atoms with van der Waals surface area (Å²) in [5.41, 5.74) is 0.490. The lowest BCUT2D eigenvalue weighted by atomic mass is 10.1. The second-order valence-electron chi connectivity index (χ2n) is 4.28. The highest BCUT2D eigenvalue weighted by Gasteiger charge is 2.32. The van der Waals surface area contributed by atoms with Crippen molar-refractivity contribution in [3.63, 3.8) is 0 Å². The van der Waals surface area contributed by atoms with Gasteiger partial charge in [0.1, 0.15) is 12.4 Å². The Kier molecular flexibility index (Phi) is 4.57. The topological polar surface area (TPSA) is 80.8 Å². The van der Waals surface area contributed by atoms with Crippen LogP contribution in [-0.2, 0) is 23.7 Å². The van der Waals surface area contributed by atoms with Gasteiger partial charge in [-0.2, -0.15) is 0 Å². The molecule has 0 spiro atoms. The third-order valence-electron chi connectivity index (χ3n) is 2.79. The molecular weight excluding hydrogens is 240 g/mol. The van der Waals surface area contributed by atoms with Crippen LogP contribution in [0, 0.1) is 0 Å². The fraction of sp³-hybridized carbons (Fsp3) is 0.750. The standard InChI is InChI=1S/C12H18O6/c1-15-12(14)10(4-8-6-17-8)11(16-3-2-13)5-9-7-18-9/h8-9,13H,2-7H2,1H3. The Morgan fingerprint density at radius 2 is 1.89 bits per heavy atom. The highest BCUT2D eigenvalue weighted by molar-refractivity contribution is 5.89. The fourth-order valence-electron chi connectivity index (χ4n) is 1.68. The molecule has 2 unspecified atom stereocenters. The number of esters is 1. The predicted molar refractivity (Wildman–Crippen MR) is 60.8 cm³/mol. The Bertz CT molecular complexity index is 329. The van der Waals surface area contributed by atoms with Gasteiger partial charge >= 0.3 is 5.97 Å². The molecule has 0 aromatic heterocycles. The van der Waals surface area contributed by atoms with Crippen LogP contribution >= 0.6 is 0 Å². The lowest BCUT2D eigenvalue weighted by Gasteiger charge is -2.13. The van der Waals surface area contributed by atoms with E-state index in [0.29, 0.717) is 37.4 Å². The number of hydrogen-bond acceptors (Lipinski definition) is 6. The molecule has 1 N–H and O–H groups in total. The average molecular weight is 258 g/mol. The number of ether oxygens (including phenoxy) is 4. The quantitative estimate of drug-likeness (QED) is 0.286. The van der Waals surface area contributed by atoms with Crippen LogP contribution < -0.4 is 0 Å². The van der Waals surface area contributed by atoms with Gasteiger partial charge in [-0.1, -0.05) is 0 Å². The first-order chi connectivity index (χ1) is 8.74. The molecule has 2 atom stereocenters. The summed E-state index contributed by atoms with van der Waals surface area (Å²) in [4.78, 5) is 11.8. The first-order valence-corrected chi connectivity index (χ1v) is 6.01. The normalized spacial score (nSPS) is 26.3. The Hall–Kier alpha value is -1.11. The zero-order valence-corrected chi connectivity index (χ0v) is 10.4. The summed E-state index contributed by atoms with van der Waals surface area (Å²) >= 11 is 0. The van der Waals surface area contributed by atoms with E-state index in [1.165, 1.54) is 7.11 Å². The molecule has 0 amide bonds. The number of aliphatic hydroxyl groups excluding tert-OH is 1. The second kappa shape index (κ2) is 6.17. The Balaban J connectivity index is 2.08. The van der Waals surface area contributed by atoms with Gasteiger partial charge in [-0.15, -0.1) is 0 Å². The molecule has 0 aromatic rings. The molecular formula is C12H18O6. The molecule has 2 aliphatic heterocycles. The van der Waals surface area contributed by atoms with Crippen molar-refractivity contribution in [2.24, 2.45) is 0 Å². The van der Waals surface area contributed by atoms with E-state index >= 15 is 0 Å². The van der Waals surface area contributed by atoms with E-state index in [4.69, 9.17) is 24.1 Å². The zero-order chi connectivity index (χ0) is 13.0. The predicted octanol–water partition coefficient (Wildman–Crippen LogP) is 0.000200. The van der Waals surface area contributed by atoms with E-state index in [9.17, 15) is 4.79 Å². The van der Waals surface area contributed by atoms with E-state index in [0.717, 1.165) is 0 Å². The van der Waals surface area contributed by atoms with Crippen LogP contribution in [-0.4, -0.2) is 56.8 Å². The summed E-state index contributed by atoms with van der Waals surface area (Å²) in [5, 5.41) is 8.82. The van der Waals surface area contributed by atoms with Gasteiger partial charge in [0.05, 0.1) is 44.7 Å². The van der Waals surface area contributed by atoms with Gasteiger partial charge < -0.3 is 24.1 Å².